The molecule has 0 aliphatic heterocycles. The van der Waals surface area contributed by atoms with Crippen molar-refractivity contribution in [2.45, 2.75) is 33.6 Å². The molecule has 0 spiro atoms. The second-order valence-electron chi connectivity index (χ2n) is 5.33. The van der Waals surface area contributed by atoms with Crippen LogP contribution < -0.4 is 9.47 Å². The molecule has 0 heterocycles. The fourth-order valence-corrected chi connectivity index (χ4v) is 4.11. The van der Waals surface area contributed by atoms with Crippen molar-refractivity contribution in [2.75, 3.05) is 19.5 Å². The van der Waals surface area contributed by atoms with Gasteiger partial charge < -0.3 is 9.47 Å². The van der Waals surface area contributed by atoms with Gasteiger partial charge in [0.15, 0.2) is 11.5 Å². The van der Waals surface area contributed by atoms with Crippen molar-refractivity contribution in [3.63, 3.8) is 0 Å². The van der Waals surface area contributed by atoms with Crippen LogP contribution in [-0.4, -0.2) is 27.9 Å². The van der Waals surface area contributed by atoms with Crippen molar-refractivity contribution in [1.29, 1.82) is 0 Å². The first kappa shape index (κ1) is 18.1. The van der Waals surface area contributed by atoms with Gasteiger partial charge >= 0.3 is 0 Å². The molecule has 120 valence electrons. The van der Waals surface area contributed by atoms with Gasteiger partial charge in [0.2, 0.25) is 9.05 Å². The monoisotopic (exact) mass is 334 g/mol. The van der Waals surface area contributed by atoms with E-state index in [9.17, 15) is 8.42 Å². The second-order valence-corrected chi connectivity index (χ2v) is 8.11. The molecule has 0 saturated heterocycles. The Kier molecular flexibility index (Phi) is 6.35. The fraction of sp³-hybridized carbons (Fsp3) is 0.600. The van der Waals surface area contributed by atoms with E-state index in [0.29, 0.717) is 24.3 Å². The van der Waals surface area contributed by atoms with Gasteiger partial charge in [-0.15, -0.1) is 0 Å². The standard InChI is InChI=1S/C15H23ClO4S/c1-5-15(6-2,11-21(16,17)18)10-20-13-8-7-12(3)9-14(13)19-4/h7-9H,5-6,10-11H2,1-4H3. The van der Waals surface area contributed by atoms with Crippen LogP contribution in [0.5, 0.6) is 11.5 Å². The van der Waals surface area contributed by atoms with Gasteiger partial charge in [0.25, 0.3) is 0 Å². The van der Waals surface area contributed by atoms with Gasteiger partial charge in [-0.2, -0.15) is 0 Å². The Morgan fingerprint density at radius 1 is 1.19 bits per heavy atom. The molecule has 0 atom stereocenters. The summed E-state index contributed by atoms with van der Waals surface area (Å²) in [4.78, 5) is 0. The van der Waals surface area contributed by atoms with Crippen molar-refractivity contribution in [1.82, 2.24) is 0 Å². The summed E-state index contributed by atoms with van der Waals surface area (Å²) in [6, 6.07) is 5.64. The Bertz CT molecular complexity index is 565. The molecule has 1 rings (SSSR count). The van der Waals surface area contributed by atoms with E-state index in [1.54, 1.807) is 7.11 Å². The van der Waals surface area contributed by atoms with E-state index in [0.717, 1.165) is 5.56 Å². The zero-order valence-electron chi connectivity index (χ0n) is 13.0. The highest BCUT2D eigenvalue weighted by Gasteiger charge is 2.33. The molecule has 4 nitrogen and oxygen atoms in total. The quantitative estimate of drug-likeness (QED) is 0.679. The van der Waals surface area contributed by atoms with Crippen LogP contribution >= 0.6 is 10.7 Å². The Labute approximate surface area is 131 Å². The summed E-state index contributed by atoms with van der Waals surface area (Å²) < 4.78 is 34.0. The third-order valence-electron chi connectivity index (χ3n) is 3.83. The summed E-state index contributed by atoms with van der Waals surface area (Å²) in [6.07, 6.45) is 1.34. The van der Waals surface area contributed by atoms with Crippen molar-refractivity contribution in [3.8, 4) is 11.5 Å². The predicted octanol–water partition coefficient (Wildman–Crippen LogP) is 3.76. The van der Waals surface area contributed by atoms with E-state index in [1.807, 2.05) is 39.0 Å². The predicted molar refractivity (Wildman–Crippen MR) is 85.9 cm³/mol. The van der Waals surface area contributed by atoms with Crippen LogP contribution in [0.15, 0.2) is 18.2 Å². The Hall–Kier alpha value is -0.940. The molecule has 6 heteroatoms. The summed E-state index contributed by atoms with van der Waals surface area (Å²) in [5.41, 5.74) is 0.580. The van der Waals surface area contributed by atoms with Crippen molar-refractivity contribution in [3.05, 3.63) is 23.8 Å². The minimum Gasteiger partial charge on any atom is -0.493 e. The number of halogens is 1. The van der Waals surface area contributed by atoms with E-state index in [2.05, 4.69) is 0 Å². The molecule has 1 aromatic carbocycles. The molecule has 0 amide bonds. The lowest BCUT2D eigenvalue weighted by molar-refractivity contribution is 0.151. The molecule has 0 aliphatic rings. The fourth-order valence-electron chi connectivity index (χ4n) is 2.19. The molecule has 0 N–H and O–H groups in total. The minimum atomic E-state index is -3.57. The smallest absolute Gasteiger partial charge is 0.233 e. The van der Waals surface area contributed by atoms with Crippen molar-refractivity contribution in [2.24, 2.45) is 5.41 Å². The molecule has 21 heavy (non-hydrogen) atoms. The number of benzene rings is 1. The number of hydrogen-bond acceptors (Lipinski definition) is 4. The highest BCUT2D eigenvalue weighted by Crippen LogP contribution is 2.34. The molecule has 0 saturated carbocycles. The molecule has 0 unspecified atom stereocenters. The van der Waals surface area contributed by atoms with Gasteiger partial charge in [0.1, 0.15) is 0 Å². The average molecular weight is 335 g/mol. The molecule has 0 aliphatic carbocycles. The number of methoxy groups -OCH3 is 1. The van der Waals surface area contributed by atoms with Crippen LogP contribution in [0, 0.1) is 12.3 Å². The highest BCUT2D eigenvalue weighted by atomic mass is 35.7. The minimum absolute atomic E-state index is 0.0945. The van der Waals surface area contributed by atoms with Crippen LogP contribution in [-0.2, 0) is 9.05 Å². The first-order valence-electron chi connectivity index (χ1n) is 6.95. The maximum Gasteiger partial charge on any atom is 0.233 e. The van der Waals surface area contributed by atoms with Crippen LogP contribution in [0.25, 0.3) is 0 Å². The number of hydrogen-bond donors (Lipinski definition) is 0. The molecule has 0 bridgehead atoms. The van der Waals surface area contributed by atoms with E-state index < -0.39 is 14.5 Å². The molecular weight excluding hydrogens is 312 g/mol. The zero-order valence-corrected chi connectivity index (χ0v) is 14.6. The maximum atomic E-state index is 11.4. The SMILES string of the molecule is CCC(CC)(COc1ccc(C)cc1OC)CS(=O)(=O)Cl. The van der Waals surface area contributed by atoms with Gasteiger partial charge in [-0.1, -0.05) is 19.9 Å². The lowest BCUT2D eigenvalue weighted by Crippen LogP contribution is -2.33. The summed E-state index contributed by atoms with van der Waals surface area (Å²) in [5.74, 6) is 1.16. The largest absolute Gasteiger partial charge is 0.493 e. The summed E-state index contributed by atoms with van der Waals surface area (Å²) in [7, 11) is 3.44. The molecule has 1 aromatic rings. The molecule has 0 fully saturated rings. The normalized spacial score (nSPS) is 12.2. The first-order valence-corrected chi connectivity index (χ1v) is 9.43. The van der Waals surface area contributed by atoms with Crippen molar-refractivity contribution >= 4 is 19.7 Å². The van der Waals surface area contributed by atoms with Crippen LogP contribution in [0.4, 0.5) is 0 Å². The lowest BCUT2D eigenvalue weighted by atomic mass is 9.85. The van der Waals surface area contributed by atoms with Gasteiger partial charge in [0, 0.05) is 16.1 Å². The third kappa shape index (κ3) is 5.40. The summed E-state index contributed by atoms with van der Waals surface area (Å²) in [6.45, 7) is 6.14. The van der Waals surface area contributed by atoms with Gasteiger partial charge in [0.05, 0.1) is 19.5 Å². The summed E-state index contributed by atoms with van der Waals surface area (Å²) in [5, 5.41) is 0. The Morgan fingerprint density at radius 2 is 1.81 bits per heavy atom. The Morgan fingerprint density at radius 3 is 2.29 bits per heavy atom. The lowest BCUT2D eigenvalue weighted by Gasteiger charge is -2.30. The van der Waals surface area contributed by atoms with Gasteiger partial charge in [-0.25, -0.2) is 8.42 Å². The second kappa shape index (κ2) is 7.36. The number of ether oxygens (including phenoxy) is 2. The Balaban J connectivity index is 2.92. The molecule has 0 aromatic heterocycles. The van der Waals surface area contributed by atoms with Crippen molar-refractivity contribution < 1.29 is 17.9 Å². The molecule has 0 radical (unpaired) electrons. The third-order valence-corrected chi connectivity index (χ3v) is 5.12. The average Bonchev–Trinajstić information content (AvgIpc) is 2.43. The van der Waals surface area contributed by atoms with Crippen LogP contribution in [0.3, 0.4) is 0 Å². The van der Waals surface area contributed by atoms with E-state index >= 15 is 0 Å². The maximum absolute atomic E-state index is 11.4. The van der Waals surface area contributed by atoms with Crippen LogP contribution in [0.2, 0.25) is 0 Å². The highest BCUT2D eigenvalue weighted by molar-refractivity contribution is 8.13. The first-order chi connectivity index (χ1) is 9.75. The van der Waals surface area contributed by atoms with E-state index in [4.69, 9.17) is 20.2 Å². The zero-order chi connectivity index (χ0) is 16.1. The van der Waals surface area contributed by atoms with Gasteiger partial charge in [-0.3, -0.25) is 0 Å². The number of rotatable bonds is 8. The molecular formula is C15H23ClO4S. The van der Waals surface area contributed by atoms with Gasteiger partial charge in [-0.05, 0) is 37.5 Å². The summed E-state index contributed by atoms with van der Waals surface area (Å²) >= 11 is 0. The van der Waals surface area contributed by atoms with Crippen LogP contribution in [0.1, 0.15) is 32.3 Å². The van der Waals surface area contributed by atoms with E-state index in [1.165, 1.54) is 0 Å². The number of aryl methyl sites for hydroxylation is 1. The topological polar surface area (TPSA) is 52.6 Å². The van der Waals surface area contributed by atoms with E-state index in [-0.39, 0.29) is 12.4 Å².